The number of ether oxygens (including phenoxy) is 2. The van der Waals surface area contributed by atoms with Crippen molar-refractivity contribution >= 4 is 22.8 Å². The molecule has 4 aromatic rings. The summed E-state index contributed by atoms with van der Waals surface area (Å²) in [6.45, 7) is 3.56. The molecule has 0 spiro atoms. The summed E-state index contributed by atoms with van der Waals surface area (Å²) in [6, 6.07) is 17.9. The van der Waals surface area contributed by atoms with Gasteiger partial charge in [0.05, 0.1) is 50.0 Å². The number of benzene rings is 2. The Morgan fingerprint density at radius 1 is 0.973 bits per heavy atom. The molecule has 1 aliphatic heterocycles. The highest BCUT2D eigenvalue weighted by Gasteiger charge is 2.20. The largest absolute Gasteiger partial charge is 0.496 e. The topological polar surface area (TPSA) is 108 Å². The van der Waals surface area contributed by atoms with Gasteiger partial charge in [0.15, 0.2) is 0 Å². The Morgan fingerprint density at radius 2 is 1.76 bits per heavy atom. The van der Waals surface area contributed by atoms with Gasteiger partial charge in [-0.15, -0.1) is 5.10 Å². The molecular formula is C27H32N6O4. The van der Waals surface area contributed by atoms with E-state index >= 15 is 0 Å². The Hall–Kier alpha value is -3.86. The van der Waals surface area contributed by atoms with Crippen molar-refractivity contribution in [2.75, 3.05) is 63.8 Å². The zero-order valence-electron chi connectivity index (χ0n) is 21.0. The standard InChI is InChI=1S/C27H32N6O4/c1-36-25-6-4-3-5-22(25)24-10-8-20-16-28-27(30-33(20)24)29-23-9-7-19(15-26(23)37-2)32-13-11-31(12-14-32)17-21(35)18-34/h3-10,15-16,21,34-35H,11-14,17-18H2,1-2H3,(H,29,30)/t21-/m0/s1. The van der Waals surface area contributed by atoms with Crippen LogP contribution in [0.3, 0.4) is 0 Å². The number of hydrogen-bond acceptors (Lipinski definition) is 9. The first-order chi connectivity index (χ1) is 18.1. The van der Waals surface area contributed by atoms with Crippen LogP contribution in [0.25, 0.3) is 16.8 Å². The van der Waals surface area contributed by atoms with Crippen LogP contribution in [0.2, 0.25) is 0 Å². The summed E-state index contributed by atoms with van der Waals surface area (Å²) in [5.41, 5.74) is 4.55. The summed E-state index contributed by atoms with van der Waals surface area (Å²) >= 11 is 0. The van der Waals surface area contributed by atoms with Crippen molar-refractivity contribution in [1.29, 1.82) is 0 Å². The molecule has 2 aromatic heterocycles. The molecule has 0 saturated carbocycles. The number of para-hydroxylation sites is 1. The van der Waals surface area contributed by atoms with Gasteiger partial charge in [0.1, 0.15) is 11.5 Å². The quantitative estimate of drug-likeness (QED) is 0.317. The molecule has 3 heterocycles. The number of piperazine rings is 1. The summed E-state index contributed by atoms with van der Waals surface area (Å²) in [5.74, 6) is 1.91. The van der Waals surface area contributed by atoms with Crippen molar-refractivity contribution in [2.24, 2.45) is 0 Å². The number of aromatic nitrogens is 3. The van der Waals surface area contributed by atoms with Crippen LogP contribution >= 0.6 is 0 Å². The van der Waals surface area contributed by atoms with Crippen LogP contribution in [0, 0.1) is 0 Å². The Morgan fingerprint density at radius 3 is 2.51 bits per heavy atom. The number of anilines is 3. The summed E-state index contributed by atoms with van der Waals surface area (Å²) < 4.78 is 13.1. The Bertz CT molecular complexity index is 1350. The van der Waals surface area contributed by atoms with E-state index in [0.717, 1.165) is 60.1 Å². The van der Waals surface area contributed by atoms with Crippen LogP contribution in [-0.4, -0.2) is 89.4 Å². The van der Waals surface area contributed by atoms with Gasteiger partial charge in [-0.2, -0.15) is 0 Å². The number of fused-ring (bicyclic) bond motifs is 1. The summed E-state index contributed by atoms with van der Waals surface area (Å²) in [6.07, 6.45) is 1.08. The van der Waals surface area contributed by atoms with E-state index in [4.69, 9.17) is 19.7 Å². The van der Waals surface area contributed by atoms with Crippen LogP contribution in [0.15, 0.2) is 60.8 Å². The van der Waals surface area contributed by atoms with Gasteiger partial charge in [-0.25, -0.2) is 9.50 Å². The second-order valence-corrected chi connectivity index (χ2v) is 8.97. The number of methoxy groups -OCH3 is 2. The molecule has 0 bridgehead atoms. The summed E-state index contributed by atoms with van der Waals surface area (Å²) in [5, 5.41) is 26.8. The number of aliphatic hydroxyl groups is 2. The summed E-state index contributed by atoms with van der Waals surface area (Å²) in [4.78, 5) is 8.95. The minimum Gasteiger partial charge on any atom is -0.496 e. The molecular weight excluding hydrogens is 472 g/mol. The number of aliphatic hydroxyl groups excluding tert-OH is 2. The lowest BCUT2D eigenvalue weighted by Crippen LogP contribution is -2.49. The molecule has 5 rings (SSSR count). The molecule has 3 N–H and O–H groups in total. The van der Waals surface area contributed by atoms with Gasteiger partial charge >= 0.3 is 0 Å². The average Bonchev–Trinajstić information content (AvgIpc) is 3.36. The van der Waals surface area contributed by atoms with Crippen molar-refractivity contribution in [2.45, 2.75) is 6.10 Å². The predicted molar refractivity (Wildman–Crippen MR) is 143 cm³/mol. The molecule has 0 amide bonds. The number of hydrogen-bond donors (Lipinski definition) is 3. The molecule has 10 heteroatoms. The van der Waals surface area contributed by atoms with E-state index in [1.54, 1.807) is 20.4 Å². The highest BCUT2D eigenvalue weighted by atomic mass is 16.5. The number of nitrogens with one attached hydrogen (secondary N) is 1. The monoisotopic (exact) mass is 504 g/mol. The molecule has 0 aliphatic carbocycles. The van der Waals surface area contributed by atoms with Crippen molar-refractivity contribution in [1.82, 2.24) is 19.5 Å². The van der Waals surface area contributed by atoms with E-state index in [-0.39, 0.29) is 6.61 Å². The molecule has 2 aromatic carbocycles. The lowest BCUT2D eigenvalue weighted by atomic mass is 10.1. The van der Waals surface area contributed by atoms with Crippen molar-refractivity contribution in [3.8, 4) is 22.8 Å². The Labute approximate surface area is 215 Å². The highest BCUT2D eigenvalue weighted by Crippen LogP contribution is 2.33. The van der Waals surface area contributed by atoms with E-state index in [1.807, 2.05) is 53.0 Å². The zero-order chi connectivity index (χ0) is 25.8. The van der Waals surface area contributed by atoms with Gasteiger partial charge < -0.3 is 29.9 Å². The van der Waals surface area contributed by atoms with Crippen LogP contribution < -0.4 is 19.7 Å². The van der Waals surface area contributed by atoms with Gasteiger partial charge in [-0.3, -0.25) is 4.90 Å². The maximum Gasteiger partial charge on any atom is 0.245 e. The van der Waals surface area contributed by atoms with Gasteiger partial charge in [-0.1, -0.05) is 12.1 Å². The first-order valence-electron chi connectivity index (χ1n) is 12.3. The van der Waals surface area contributed by atoms with E-state index in [9.17, 15) is 5.11 Å². The van der Waals surface area contributed by atoms with Crippen molar-refractivity contribution < 1.29 is 19.7 Å². The third-order valence-corrected chi connectivity index (χ3v) is 6.63. The van der Waals surface area contributed by atoms with Gasteiger partial charge in [0, 0.05) is 50.0 Å². The number of rotatable bonds is 9. The molecule has 194 valence electrons. The summed E-state index contributed by atoms with van der Waals surface area (Å²) in [7, 11) is 3.31. The maximum atomic E-state index is 9.71. The van der Waals surface area contributed by atoms with E-state index in [1.165, 1.54) is 0 Å². The zero-order valence-corrected chi connectivity index (χ0v) is 21.0. The normalized spacial score (nSPS) is 15.1. The third-order valence-electron chi connectivity index (χ3n) is 6.63. The van der Waals surface area contributed by atoms with Crippen LogP contribution in [0.1, 0.15) is 0 Å². The smallest absolute Gasteiger partial charge is 0.245 e. The molecule has 0 radical (unpaired) electrons. The minimum atomic E-state index is -0.698. The van der Waals surface area contributed by atoms with E-state index in [2.05, 4.69) is 26.2 Å². The van der Waals surface area contributed by atoms with Crippen molar-refractivity contribution in [3.05, 3.63) is 60.8 Å². The van der Waals surface area contributed by atoms with Crippen LogP contribution in [0.5, 0.6) is 11.5 Å². The highest BCUT2D eigenvalue weighted by molar-refractivity contribution is 5.72. The van der Waals surface area contributed by atoms with Crippen LogP contribution in [0.4, 0.5) is 17.3 Å². The lowest BCUT2D eigenvalue weighted by molar-refractivity contribution is 0.0575. The second-order valence-electron chi connectivity index (χ2n) is 8.97. The number of nitrogens with zero attached hydrogens (tertiary/aromatic N) is 5. The maximum absolute atomic E-state index is 9.71. The number of β-amino-alcohol motifs (C(OH)–C–C–N with tert-alkyl or cyclic N) is 1. The molecule has 1 saturated heterocycles. The van der Waals surface area contributed by atoms with Crippen molar-refractivity contribution in [3.63, 3.8) is 0 Å². The van der Waals surface area contributed by atoms with Crippen LogP contribution in [-0.2, 0) is 0 Å². The molecule has 1 aliphatic rings. The van der Waals surface area contributed by atoms with E-state index in [0.29, 0.717) is 18.2 Å². The fourth-order valence-corrected chi connectivity index (χ4v) is 4.66. The second kappa shape index (κ2) is 11.0. The van der Waals surface area contributed by atoms with Gasteiger partial charge in [0.2, 0.25) is 5.95 Å². The Balaban J connectivity index is 1.34. The molecule has 37 heavy (non-hydrogen) atoms. The predicted octanol–water partition coefficient (Wildman–Crippen LogP) is 2.63. The lowest BCUT2D eigenvalue weighted by Gasteiger charge is -2.36. The Kier molecular flexibility index (Phi) is 7.40. The fourth-order valence-electron chi connectivity index (χ4n) is 4.66. The third kappa shape index (κ3) is 5.31. The van der Waals surface area contributed by atoms with Gasteiger partial charge in [-0.05, 0) is 36.4 Å². The minimum absolute atomic E-state index is 0.214. The molecule has 1 atom stereocenters. The SMILES string of the molecule is COc1cc(N2CCN(C[C@H](O)CO)CC2)ccc1Nc1ncc2ccc(-c3ccccc3OC)n2n1. The first kappa shape index (κ1) is 24.8. The molecule has 0 unspecified atom stereocenters. The molecule has 1 fully saturated rings. The van der Waals surface area contributed by atoms with E-state index < -0.39 is 6.10 Å². The fraction of sp³-hybridized carbons (Fsp3) is 0.333. The first-order valence-corrected chi connectivity index (χ1v) is 12.3. The molecule has 10 nitrogen and oxygen atoms in total. The van der Waals surface area contributed by atoms with Gasteiger partial charge in [0.25, 0.3) is 0 Å². The average molecular weight is 505 g/mol.